The molecule has 4 rings (SSSR count). The summed E-state index contributed by atoms with van der Waals surface area (Å²) in [5.41, 5.74) is 2.07. The van der Waals surface area contributed by atoms with E-state index >= 15 is 0 Å². The summed E-state index contributed by atoms with van der Waals surface area (Å²) in [4.78, 5) is 26.4. The van der Waals surface area contributed by atoms with Gasteiger partial charge in [-0.25, -0.2) is 8.42 Å². The van der Waals surface area contributed by atoms with Crippen LogP contribution in [0.5, 0.6) is 0 Å². The smallest absolute Gasteiger partial charge is 0.308 e. The molecule has 152 valence electrons. The molecule has 2 heterocycles. The maximum absolute atomic E-state index is 12.7. The second-order valence-corrected chi connectivity index (χ2v) is 9.82. The van der Waals surface area contributed by atoms with Crippen molar-refractivity contribution < 1.29 is 13.2 Å². The van der Waals surface area contributed by atoms with Crippen molar-refractivity contribution in [3.05, 3.63) is 57.7 Å². The van der Waals surface area contributed by atoms with Gasteiger partial charge in [0.05, 0.1) is 15.1 Å². The first-order valence-electron chi connectivity index (χ1n) is 9.34. The summed E-state index contributed by atoms with van der Waals surface area (Å²) >= 11 is 0.946. The molecule has 3 aromatic rings. The third-order valence-corrected chi connectivity index (χ3v) is 7.33. The molecule has 1 saturated heterocycles. The molecule has 2 aromatic carbocycles. The molecule has 0 unspecified atom stereocenters. The lowest BCUT2D eigenvalue weighted by molar-refractivity contribution is -0.130. The largest absolute Gasteiger partial charge is 0.341 e. The molecule has 7 nitrogen and oxygen atoms in total. The Morgan fingerprint density at radius 3 is 2.48 bits per heavy atom. The topological polar surface area (TPSA) is 88.5 Å². The van der Waals surface area contributed by atoms with Crippen LogP contribution in [-0.4, -0.2) is 36.9 Å². The Balaban J connectivity index is 1.62. The molecular weight excluding hydrogens is 410 g/mol. The van der Waals surface area contributed by atoms with Crippen LogP contribution in [0.1, 0.15) is 18.4 Å². The van der Waals surface area contributed by atoms with Crippen LogP contribution in [-0.2, 0) is 21.4 Å². The Kier molecular flexibility index (Phi) is 5.18. The number of carbonyl (C=O) groups is 1. The van der Waals surface area contributed by atoms with Crippen LogP contribution >= 0.6 is 11.3 Å². The third kappa shape index (κ3) is 4.06. The number of hydrogen-bond donors (Lipinski definition) is 1. The summed E-state index contributed by atoms with van der Waals surface area (Å²) in [6.45, 7) is 3.35. The number of nitrogens with one attached hydrogen (secondary N) is 1. The van der Waals surface area contributed by atoms with Gasteiger partial charge in [-0.1, -0.05) is 29.0 Å². The summed E-state index contributed by atoms with van der Waals surface area (Å²) in [6.07, 6.45) is 1.97. The zero-order valence-corrected chi connectivity index (χ0v) is 17.6. The number of aryl methyl sites for hydroxylation is 1. The van der Waals surface area contributed by atoms with Crippen LogP contribution < -0.4 is 9.60 Å². The molecule has 1 N–H and O–H groups in total. The zero-order chi connectivity index (χ0) is 20.6. The molecule has 0 spiro atoms. The summed E-state index contributed by atoms with van der Waals surface area (Å²) in [7, 11) is -3.79. The highest BCUT2D eigenvalue weighted by atomic mass is 32.2. The van der Waals surface area contributed by atoms with Gasteiger partial charge in [0.25, 0.3) is 10.0 Å². The minimum absolute atomic E-state index is 0.0213. The van der Waals surface area contributed by atoms with E-state index in [1.165, 1.54) is 16.7 Å². The number of carbonyl (C=O) groups excluding carboxylic acids is 1. The van der Waals surface area contributed by atoms with Gasteiger partial charge < -0.3 is 4.90 Å². The van der Waals surface area contributed by atoms with E-state index in [1.54, 1.807) is 23.1 Å². The second kappa shape index (κ2) is 7.64. The Labute approximate surface area is 172 Å². The standard InChI is InChI=1S/C20H21N3O4S2/c1-14-4-6-15(7-5-14)21-29(26,27)16-8-9-17-18(12-16)28-20(25)23(17)13-19(24)22-10-2-3-11-22/h4-9,12,21H,2-3,10-11,13H2,1H3. The first-order chi connectivity index (χ1) is 13.8. The monoisotopic (exact) mass is 431 g/mol. The SMILES string of the molecule is Cc1ccc(NS(=O)(=O)c2ccc3c(c2)sc(=O)n3CC(=O)N2CCCC2)cc1. The van der Waals surface area contributed by atoms with Gasteiger partial charge in [0.1, 0.15) is 6.54 Å². The van der Waals surface area contributed by atoms with Gasteiger partial charge in [-0.3, -0.25) is 18.9 Å². The minimum atomic E-state index is -3.79. The lowest BCUT2D eigenvalue weighted by Gasteiger charge is -2.15. The lowest BCUT2D eigenvalue weighted by Crippen LogP contribution is -2.33. The molecule has 0 saturated carbocycles. The average molecular weight is 432 g/mol. The van der Waals surface area contributed by atoms with E-state index in [2.05, 4.69) is 4.72 Å². The molecule has 0 radical (unpaired) electrons. The average Bonchev–Trinajstić information content (AvgIpc) is 3.32. The van der Waals surface area contributed by atoms with Crippen molar-refractivity contribution in [1.29, 1.82) is 0 Å². The molecular formula is C20H21N3O4S2. The number of amides is 1. The van der Waals surface area contributed by atoms with Crippen molar-refractivity contribution >= 4 is 43.2 Å². The Bertz CT molecular complexity index is 1220. The van der Waals surface area contributed by atoms with Crippen molar-refractivity contribution in [2.24, 2.45) is 0 Å². The minimum Gasteiger partial charge on any atom is -0.341 e. The third-order valence-electron chi connectivity index (χ3n) is 5.01. The van der Waals surface area contributed by atoms with Gasteiger partial charge in [-0.15, -0.1) is 0 Å². The maximum Gasteiger partial charge on any atom is 0.308 e. The Morgan fingerprint density at radius 2 is 1.79 bits per heavy atom. The van der Waals surface area contributed by atoms with E-state index < -0.39 is 10.0 Å². The number of benzene rings is 2. The van der Waals surface area contributed by atoms with Crippen LogP contribution in [0.2, 0.25) is 0 Å². The van der Waals surface area contributed by atoms with E-state index in [0.29, 0.717) is 15.9 Å². The number of nitrogens with zero attached hydrogens (tertiary/aromatic N) is 2. The van der Waals surface area contributed by atoms with Gasteiger partial charge in [-0.2, -0.15) is 0 Å². The predicted molar refractivity (Wildman–Crippen MR) is 114 cm³/mol. The Morgan fingerprint density at radius 1 is 1.10 bits per heavy atom. The van der Waals surface area contributed by atoms with Crippen LogP contribution in [0.25, 0.3) is 10.2 Å². The number of anilines is 1. The molecule has 1 aliphatic heterocycles. The number of sulfonamides is 1. The summed E-state index contributed by atoms with van der Waals surface area (Å²) in [5, 5.41) is 0. The molecule has 0 bridgehead atoms. The molecule has 0 atom stereocenters. The van der Waals surface area contributed by atoms with Gasteiger partial charge in [0.2, 0.25) is 5.91 Å². The highest BCUT2D eigenvalue weighted by Crippen LogP contribution is 2.24. The number of aromatic nitrogens is 1. The molecule has 29 heavy (non-hydrogen) atoms. The first-order valence-corrected chi connectivity index (χ1v) is 11.6. The fourth-order valence-electron chi connectivity index (χ4n) is 3.40. The zero-order valence-electron chi connectivity index (χ0n) is 15.9. The summed E-state index contributed by atoms with van der Waals surface area (Å²) in [6, 6.07) is 11.6. The number of rotatable bonds is 5. The number of fused-ring (bicyclic) bond motifs is 1. The van der Waals surface area contributed by atoms with E-state index in [4.69, 9.17) is 0 Å². The molecule has 1 aliphatic rings. The van der Waals surface area contributed by atoms with Crippen LogP contribution in [0, 0.1) is 6.92 Å². The number of thiazole rings is 1. The molecule has 1 fully saturated rings. The van der Waals surface area contributed by atoms with Crippen LogP contribution in [0.3, 0.4) is 0 Å². The van der Waals surface area contributed by atoms with Crippen LogP contribution in [0.15, 0.2) is 52.2 Å². The number of likely N-dealkylation sites (tertiary alicyclic amines) is 1. The van der Waals surface area contributed by atoms with Crippen molar-refractivity contribution in [2.45, 2.75) is 31.2 Å². The van der Waals surface area contributed by atoms with Gasteiger partial charge in [0.15, 0.2) is 0 Å². The highest BCUT2D eigenvalue weighted by Gasteiger charge is 2.21. The molecule has 1 aromatic heterocycles. The lowest BCUT2D eigenvalue weighted by atomic mass is 10.2. The van der Waals surface area contributed by atoms with Crippen molar-refractivity contribution in [2.75, 3.05) is 17.8 Å². The number of hydrogen-bond acceptors (Lipinski definition) is 5. The van der Waals surface area contributed by atoms with Gasteiger partial charge in [-0.05, 0) is 50.1 Å². The molecule has 1 amide bonds. The fourth-order valence-corrected chi connectivity index (χ4v) is 5.49. The van der Waals surface area contributed by atoms with Gasteiger partial charge >= 0.3 is 4.87 Å². The molecule has 0 aliphatic carbocycles. The normalized spacial score (nSPS) is 14.4. The fraction of sp³-hybridized carbons (Fsp3) is 0.300. The van der Waals surface area contributed by atoms with E-state index in [0.717, 1.165) is 42.8 Å². The quantitative estimate of drug-likeness (QED) is 0.673. The molecule has 9 heteroatoms. The van der Waals surface area contributed by atoms with E-state index in [9.17, 15) is 18.0 Å². The first kappa shape index (κ1) is 19.7. The van der Waals surface area contributed by atoms with Crippen LogP contribution in [0.4, 0.5) is 5.69 Å². The van der Waals surface area contributed by atoms with E-state index in [1.807, 2.05) is 19.1 Å². The maximum atomic E-state index is 12.7. The van der Waals surface area contributed by atoms with Crippen molar-refractivity contribution in [3.8, 4) is 0 Å². The van der Waals surface area contributed by atoms with E-state index in [-0.39, 0.29) is 22.2 Å². The van der Waals surface area contributed by atoms with Gasteiger partial charge in [0, 0.05) is 18.8 Å². The second-order valence-electron chi connectivity index (χ2n) is 7.14. The summed E-state index contributed by atoms with van der Waals surface area (Å²) < 4.78 is 30.0. The van der Waals surface area contributed by atoms with Crippen molar-refractivity contribution in [3.63, 3.8) is 0 Å². The summed E-state index contributed by atoms with van der Waals surface area (Å²) in [5.74, 6) is -0.0814. The Hall–Kier alpha value is -2.65. The van der Waals surface area contributed by atoms with Crippen molar-refractivity contribution in [1.82, 2.24) is 9.47 Å². The predicted octanol–water partition coefficient (Wildman–Crippen LogP) is 2.79. The highest BCUT2D eigenvalue weighted by molar-refractivity contribution is 7.92.